The maximum Gasteiger partial charge on any atom is 0.407 e. The van der Waals surface area contributed by atoms with E-state index in [4.69, 9.17) is 5.11 Å². The van der Waals surface area contributed by atoms with Crippen LogP contribution in [0.25, 0.3) is 0 Å². The Morgan fingerprint density at radius 1 is 1.43 bits per heavy atom. The SMILES string of the molecule is CCCCCCN(C(=O)O)C(C)CI. The van der Waals surface area contributed by atoms with Crippen LogP contribution in [0.2, 0.25) is 0 Å². The molecule has 3 nitrogen and oxygen atoms in total. The number of carboxylic acid groups (broad SMARTS) is 1. The van der Waals surface area contributed by atoms with Gasteiger partial charge in [0.05, 0.1) is 0 Å². The van der Waals surface area contributed by atoms with Crippen molar-refractivity contribution >= 4 is 28.7 Å². The molecule has 0 spiro atoms. The number of hydrogen-bond donors (Lipinski definition) is 1. The van der Waals surface area contributed by atoms with Crippen LogP contribution in [0.15, 0.2) is 0 Å². The number of unbranched alkanes of at least 4 members (excludes halogenated alkanes) is 3. The molecule has 84 valence electrons. The van der Waals surface area contributed by atoms with Gasteiger partial charge in [-0.3, -0.25) is 0 Å². The summed E-state index contributed by atoms with van der Waals surface area (Å²) in [7, 11) is 0. The third-order valence-electron chi connectivity index (χ3n) is 2.25. The molecule has 0 aliphatic rings. The lowest BCUT2D eigenvalue weighted by Gasteiger charge is -2.24. The molecule has 0 aromatic heterocycles. The van der Waals surface area contributed by atoms with E-state index in [-0.39, 0.29) is 6.04 Å². The Hall–Kier alpha value is 0. The van der Waals surface area contributed by atoms with Crippen LogP contribution in [-0.2, 0) is 0 Å². The van der Waals surface area contributed by atoms with Crippen molar-refractivity contribution in [2.45, 2.75) is 45.6 Å². The smallest absolute Gasteiger partial charge is 0.407 e. The van der Waals surface area contributed by atoms with Crippen LogP contribution in [0.5, 0.6) is 0 Å². The molecule has 14 heavy (non-hydrogen) atoms. The first-order valence-corrected chi connectivity index (χ1v) is 6.71. The molecule has 1 atom stereocenters. The van der Waals surface area contributed by atoms with Crippen molar-refractivity contribution in [1.29, 1.82) is 0 Å². The number of nitrogens with zero attached hydrogens (tertiary/aromatic N) is 1. The Bertz CT molecular complexity index is 164. The third-order valence-corrected chi connectivity index (χ3v) is 3.53. The van der Waals surface area contributed by atoms with Gasteiger partial charge in [0, 0.05) is 17.0 Å². The molecule has 0 rings (SSSR count). The van der Waals surface area contributed by atoms with Gasteiger partial charge in [-0.2, -0.15) is 0 Å². The summed E-state index contributed by atoms with van der Waals surface area (Å²) in [5.74, 6) is 0. The van der Waals surface area contributed by atoms with Crippen molar-refractivity contribution in [3.63, 3.8) is 0 Å². The maximum absolute atomic E-state index is 10.9. The topological polar surface area (TPSA) is 40.5 Å². The number of halogens is 1. The maximum atomic E-state index is 10.9. The van der Waals surface area contributed by atoms with Gasteiger partial charge in [0.25, 0.3) is 0 Å². The van der Waals surface area contributed by atoms with Crippen molar-refractivity contribution in [2.24, 2.45) is 0 Å². The molecule has 1 unspecified atom stereocenters. The zero-order chi connectivity index (χ0) is 11.0. The summed E-state index contributed by atoms with van der Waals surface area (Å²) < 4.78 is 0.859. The molecule has 0 fully saturated rings. The second-order valence-electron chi connectivity index (χ2n) is 3.54. The van der Waals surface area contributed by atoms with Gasteiger partial charge < -0.3 is 10.0 Å². The number of amides is 1. The third kappa shape index (κ3) is 5.67. The average Bonchev–Trinajstić information content (AvgIpc) is 2.16. The zero-order valence-electron chi connectivity index (χ0n) is 9.00. The first-order valence-electron chi connectivity index (χ1n) is 5.19. The first kappa shape index (κ1) is 14.0. The average molecular weight is 313 g/mol. The Balaban J connectivity index is 3.80. The molecule has 0 aromatic carbocycles. The summed E-state index contributed by atoms with van der Waals surface area (Å²) in [6.07, 6.45) is 3.72. The van der Waals surface area contributed by atoms with Crippen molar-refractivity contribution in [1.82, 2.24) is 4.90 Å². The summed E-state index contributed by atoms with van der Waals surface area (Å²) in [6, 6.07) is 0.134. The van der Waals surface area contributed by atoms with Crippen LogP contribution in [0, 0.1) is 0 Å². The van der Waals surface area contributed by atoms with E-state index in [0.717, 1.165) is 17.3 Å². The van der Waals surface area contributed by atoms with E-state index in [1.54, 1.807) is 4.90 Å². The molecule has 0 heterocycles. The van der Waals surface area contributed by atoms with E-state index in [9.17, 15) is 4.79 Å². The van der Waals surface area contributed by atoms with Gasteiger partial charge in [0.15, 0.2) is 0 Å². The number of alkyl halides is 1. The zero-order valence-corrected chi connectivity index (χ0v) is 11.2. The van der Waals surface area contributed by atoms with Crippen molar-refractivity contribution in [3.05, 3.63) is 0 Å². The standard InChI is InChI=1S/C10H20INO2/c1-3-4-5-6-7-12(10(13)14)9(2)8-11/h9H,3-8H2,1-2H3,(H,13,14). The van der Waals surface area contributed by atoms with E-state index in [2.05, 4.69) is 29.5 Å². The largest absolute Gasteiger partial charge is 0.465 e. The molecule has 0 bridgehead atoms. The van der Waals surface area contributed by atoms with Crippen molar-refractivity contribution in [2.75, 3.05) is 11.0 Å². The Kier molecular flexibility index (Phi) is 8.32. The molecule has 0 saturated carbocycles. The molecular formula is C10H20INO2. The quantitative estimate of drug-likeness (QED) is 0.445. The second kappa shape index (κ2) is 8.32. The van der Waals surface area contributed by atoms with Crippen molar-refractivity contribution < 1.29 is 9.90 Å². The molecule has 1 amide bonds. The summed E-state index contributed by atoms with van der Waals surface area (Å²) in [4.78, 5) is 12.4. The van der Waals surface area contributed by atoms with Gasteiger partial charge in [0.1, 0.15) is 0 Å². The minimum Gasteiger partial charge on any atom is -0.465 e. The molecule has 4 heteroatoms. The van der Waals surface area contributed by atoms with Crippen LogP contribution in [0.3, 0.4) is 0 Å². The molecule has 0 saturated heterocycles. The van der Waals surface area contributed by atoms with Gasteiger partial charge >= 0.3 is 6.09 Å². The van der Waals surface area contributed by atoms with Crippen LogP contribution >= 0.6 is 22.6 Å². The number of rotatable bonds is 7. The molecule has 0 aromatic rings. The fourth-order valence-electron chi connectivity index (χ4n) is 1.30. The van der Waals surface area contributed by atoms with Crippen LogP contribution in [0.4, 0.5) is 4.79 Å². The molecular weight excluding hydrogens is 293 g/mol. The van der Waals surface area contributed by atoms with E-state index in [0.29, 0.717) is 6.54 Å². The molecule has 1 N–H and O–H groups in total. The van der Waals surface area contributed by atoms with Crippen LogP contribution in [-0.4, -0.2) is 33.1 Å². The lowest BCUT2D eigenvalue weighted by atomic mass is 10.2. The number of hydrogen-bond acceptors (Lipinski definition) is 1. The highest BCUT2D eigenvalue weighted by Crippen LogP contribution is 2.07. The van der Waals surface area contributed by atoms with Crippen LogP contribution in [0.1, 0.15) is 39.5 Å². The molecule has 0 radical (unpaired) electrons. The Morgan fingerprint density at radius 2 is 2.07 bits per heavy atom. The fraction of sp³-hybridized carbons (Fsp3) is 0.900. The summed E-state index contributed by atoms with van der Waals surface area (Å²) in [5, 5.41) is 8.95. The minimum atomic E-state index is -0.786. The number of carbonyl (C=O) groups is 1. The second-order valence-corrected chi connectivity index (χ2v) is 4.42. The molecule has 0 aliphatic heterocycles. The fourth-order valence-corrected chi connectivity index (χ4v) is 1.77. The minimum absolute atomic E-state index is 0.134. The first-order chi connectivity index (χ1) is 6.63. The monoisotopic (exact) mass is 313 g/mol. The lowest BCUT2D eigenvalue weighted by molar-refractivity contribution is 0.132. The predicted octanol–water partition coefficient (Wildman–Crippen LogP) is 3.37. The predicted molar refractivity (Wildman–Crippen MR) is 67.2 cm³/mol. The lowest BCUT2D eigenvalue weighted by Crippen LogP contribution is -2.39. The van der Waals surface area contributed by atoms with E-state index in [1.807, 2.05) is 6.92 Å². The van der Waals surface area contributed by atoms with Gasteiger partial charge in [-0.25, -0.2) is 4.79 Å². The summed E-state index contributed by atoms with van der Waals surface area (Å²) in [6.45, 7) is 4.79. The highest BCUT2D eigenvalue weighted by molar-refractivity contribution is 14.1. The Labute approximate surface area is 100 Å². The normalized spacial score (nSPS) is 12.5. The molecule has 0 aliphatic carbocycles. The van der Waals surface area contributed by atoms with Crippen molar-refractivity contribution in [3.8, 4) is 0 Å². The highest BCUT2D eigenvalue weighted by Gasteiger charge is 2.16. The summed E-state index contributed by atoms with van der Waals surface area (Å²) >= 11 is 2.23. The van der Waals surface area contributed by atoms with E-state index < -0.39 is 6.09 Å². The van der Waals surface area contributed by atoms with E-state index in [1.165, 1.54) is 12.8 Å². The van der Waals surface area contributed by atoms with Crippen LogP contribution < -0.4 is 0 Å². The highest BCUT2D eigenvalue weighted by atomic mass is 127. The Morgan fingerprint density at radius 3 is 2.50 bits per heavy atom. The van der Waals surface area contributed by atoms with Gasteiger partial charge in [-0.05, 0) is 13.3 Å². The van der Waals surface area contributed by atoms with Gasteiger partial charge in [0.2, 0.25) is 0 Å². The summed E-state index contributed by atoms with van der Waals surface area (Å²) in [5.41, 5.74) is 0. The van der Waals surface area contributed by atoms with Gasteiger partial charge in [-0.15, -0.1) is 0 Å². The van der Waals surface area contributed by atoms with Gasteiger partial charge in [-0.1, -0.05) is 48.8 Å². The van der Waals surface area contributed by atoms with E-state index >= 15 is 0 Å².